The minimum Gasteiger partial charge on any atom is -0.508 e. The first-order valence-corrected chi connectivity index (χ1v) is 12.4. The van der Waals surface area contributed by atoms with Gasteiger partial charge in [0.15, 0.2) is 5.78 Å². The highest BCUT2D eigenvalue weighted by Gasteiger charge is 2.37. The van der Waals surface area contributed by atoms with E-state index in [4.69, 9.17) is 4.74 Å². The molecule has 1 aliphatic rings. The van der Waals surface area contributed by atoms with Crippen LogP contribution in [0, 0.1) is 0 Å². The Bertz CT molecular complexity index is 1270. The summed E-state index contributed by atoms with van der Waals surface area (Å²) < 4.78 is 6.08. The Morgan fingerprint density at radius 3 is 2.05 bits per heavy atom. The van der Waals surface area contributed by atoms with Crippen LogP contribution in [-0.4, -0.2) is 31.3 Å². The van der Waals surface area contributed by atoms with Crippen LogP contribution in [0.4, 0.5) is 0 Å². The number of rotatable bonds is 8. The number of benzene rings is 2. The number of hydrogen-bond donors (Lipinski definition) is 5. The Morgan fingerprint density at radius 1 is 0.865 bits per heavy atom. The van der Waals surface area contributed by atoms with Gasteiger partial charge >= 0.3 is 0 Å². The number of fused-ring (bicyclic) bond motifs is 1. The highest BCUT2D eigenvalue weighted by atomic mass is 16.5. The van der Waals surface area contributed by atoms with Gasteiger partial charge in [0.2, 0.25) is 0 Å². The molecule has 0 radical (unpaired) electrons. The first kappa shape index (κ1) is 27.7. The Hall–Kier alpha value is -3.87. The zero-order valence-electron chi connectivity index (χ0n) is 22.1. The quantitative estimate of drug-likeness (QED) is 0.252. The Morgan fingerprint density at radius 2 is 1.46 bits per heavy atom. The van der Waals surface area contributed by atoms with Crippen molar-refractivity contribution < 1.29 is 35.1 Å². The van der Waals surface area contributed by atoms with E-state index < -0.39 is 23.4 Å². The molecule has 0 amide bonds. The fourth-order valence-corrected chi connectivity index (χ4v) is 4.41. The van der Waals surface area contributed by atoms with Crippen LogP contribution in [0.1, 0.15) is 87.0 Å². The second-order valence-corrected chi connectivity index (χ2v) is 10.1. The summed E-state index contributed by atoms with van der Waals surface area (Å²) in [5.41, 5.74) is 3.86. The maximum atomic E-state index is 13.3. The molecule has 37 heavy (non-hydrogen) atoms. The molecule has 0 saturated heterocycles. The van der Waals surface area contributed by atoms with Crippen molar-refractivity contribution in [3.05, 3.63) is 69.3 Å². The number of ketones is 1. The molecule has 1 aliphatic heterocycles. The number of aromatic hydroxyl groups is 5. The molecule has 2 aromatic rings. The van der Waals surface area contributed by atoms with E-state index in [9.17, 15) is 30.3 Å². The molecule has 0 saturated carbocycles. The van der Waals surface area contributed by atoms with Crippen LogP contribution in [0.5, 0.6) is 34.5 Å². The molecule has 0 aromatic heterocycles. The topological polar surface area (TPSA) is 127 Å². The summed E-state index contributed by atoms with van der Waals surface area (Å²) in [6, 6.07) is 2.10. The lowest BCUT2D eigenvalue weighted by molar-refractivity contribution is 0.0836. The van der Waals surface area contributed by atoms with Gasteiger partial charge in [0.05, 0.1) is 12.0 Å². The average molecular weight is 509 g/mol. The predicted octanol–water partition coefficient (Wildman–Crippen LogP) is 6.67. The molecule has 1 atom stereocenters. The van der Waals surface area contributed by atoms with E-state index in [1.807, 2.05) is 46.8 Å². The highest BCUT2D eigenvalue weighted by molar-refractivity contribution is 6.04. The molecule has 1 unspecified atom stereocenters. The fraction of sp³-hybridized carbons (Fsp3) is 0.367. The molecule has 1 heterocycles. The summed E-state index contributed by atoms with van der Waals surface area (Å²) in [5, 5.41) is 52.7. The normalized spacial score (nSPS) is 15.1. The summed E-state index contributed by atoms with van der Waals surface area (Å²) in [6.45, 7) is 9.90. The summed E-state index contributed by atoms with van der Waals surface area (Å²) in [5.74, 6) is -2.10. The van der Waals surface area contributed by atoms with Gasteiger partial charge in [0.1, 0.15) is 46.2 Å². The number of carbonyl (C=O) groups excluding carboxylic acids is 1. The lowest BCUT2D eigenvalue weighted by atomic mass is 9.88. The van der Waals surface area contributed by atoms with E-state index in [0.717, 1.165) is 36.1 Å². The molecule has 0 spiro atoms. The minimum atomic E-state index is -1.08. The van der Waals surface area contributed by atoms with Crippen LogP contribution >= 0.6 is 0 Å². The van der Waals surface area contributed by atoms with Crippen molar-refractivity contribution >= 4 is 5.78 Å². The highest BCUT2D eigenvalue weighted by Crippen LogP contribution is 2.50. The van der Waals surface area contributed by atoms with Gasteiger partial charge in [-0.3, -0.25) is 4.79 Å². The standard InChI is InChI=1S/C30H36O7/c1-16(2)7-6-8-18(5)10-12-20-28(35)21(11-9-17(3)4)30-27(29(20)36)24(34)15-25(37-30)26-22(32)13-19(31)14-23(26)33/h7,9-10,13-14,25,31-33,35-36H,6,8,11-12,15H2,1-5H3/b18-10+. The molecule has 5 N–H and O–H groups in total. The molecular weight excluding hydrogens is 472 g/mol. The molecule has 0 aliphatic carbocycles. The number of hydrogen-bond acceptors (Lipinski definition) is 7. The van der Waals surface area contributed by atoms with Crippen LogP contribution in [0.2, 0.25) is 0 Å². The Kier molecular flexibility index (Phi) is 8.58. The van der Waals surface area contributed by atoms with Gasteiger partial charge in [0, 0.05) is 23.3 Å². The van der Waals surface area contributed by atoms with Crippen molar-refractivity contribution in [1.29, 1.82) is 0 Å². The Labute approximate surface area is 217 Å². The predicted molar refractivity (Wildman–Crippen MR) is 143 cm³/mol. The monoisotopic (exact) mass is 508 g/mol. The Balaban J connectivity index is 2.08. The summed E-state index contributed by atoms with van der Waals surface area (Å²) >= 11 is 0. The van der Waals surface area contributed by atoms with Crippen LogP contribution in [0.25, 0.3) is 0 Å². The first-order chi connectivity index (χ1) is 17.4. The van der Waals surface area contributed by atoms with E-state index in [1.165, 1.54) is 5.57 Å². The summed E-state index contributed by atoms with van der Waals surface area (Å²) in [7, 11) is 0. The van der Waals surface area contributed by atoms with Gasteiger partial charge in [-0.25, -0.2) is 0 Å². The molecule has 0 bridgehead atoms. The van der Waals surface area contributed by atoms with Gasteiger partial charge < -0.3 is 30.3 Å². The van der Waals surface area contributed by atoms with E-state index >= 15 is 0 Å². The number of Topliss-reactive ketones (excluding diaryl/α,β-unsaturated/α-hetero) is 1. The van der Waals surface area contributed by atoms with Crippen molar-refractivity contribution in [2.45, 2.75) is 72.8 Å². The van der Waals surface area contributed by atoms with Crippen molar-refractivity contribution in [2.75, 3.05) is 0 Å². The number of phenolic OH excluding ortho intramolecular Hbond substituents is 5. The maximum absolute atomic E-state index is 13.3. The lowest BCUT2D eigenvalue weighted by Crippen LogP contribution is -2.22. The number of carbonyl (C=O) groups is 1. The fourth-order valence-electron chi connectivity index (χ4n) is 4.41. The van der Waals surface area contributed by atoms with Crippen LogP contribution in [-0.2, 0) is 12.8 Å². The van der Waals surface area contributed by atoms with Gasteiger partial charge in [-0.2, -0.15) is 0 Å². The maximum Gasteiger partial charge on any atom is 0.174 e. The third kappa shape index (κ3) is 6.28. The average Bonchev–Trinajstić information content (AvgIpc) is 2.77. The van der Waals surface area contributed by atoms with Crippen LogP contribution < -0.4 is 4.74 Å². The number of ether oxygens (including phenoxy) is 1. The lowest BCUT2D eigenvalue weighted by Gasteiger charge is -2.30. The van der Waals surface area contributed by atoms with E-state index in [0.29, 0.717) is 5.56 Å². The minimum absolute atomic E-state index is 0.0189. The summed E-state index contributed by atoms with van der Waals surface area (Å²) in [4.78, 5) is 13.3. The van der Waals surface area contributed by atoms with Gasteiger partial charge in [-0.1, -0.05) is 34.9 Å². The molecule has 7 heteroatoms. The van der Waals surface area contributed by atoms with E-state index in [1.54, 1.807) is 0 Å². The van der Waals surface area contributed by atoms with Gasteiger partial charge in [-0.15, -0.1) is 0 Å². The molecule has 2 aromatic carbocycles. The largest absolute Gasteiger partial charge is 0.508 e. The van der Waals surface area contributed by atoms with Crippen molar-refractivity contribution in [2.24, 2.45) is 0 Å². The first-order valence-electron chi connectivity index (χ1n) is 12.4. The second-order valence-electron chi connectivity index (χ2n) is 10.1. The molecular formula is C30H36O7. The van der Waals surface area contributed by atoms with Gasteiger partial charge in [-0.05, 0) is 60.3 Å². The van der Waals surface area contributed by atoms with Crippen molar-refractivity contribution in [3.63, 3.8) is 0 Å². The molecule has 0 fully saturated rings. The third-order valence-electron chi connectivity index (χ3n) is 6.41. The smallest absolute Gasteiger partial charge is 0.174 e. The van der Waals surface area contributed by atoms with Crippen LogP contribution in [0.3, 0.4) is 0 Å². The SMILES string of the molecule is CC(C)=CCC/C(C)=C/Cc1c(O)c(CC=C(C)C)c2c(c1O)C(=O)CC(c1c(O)cc(O)cc1O)O2. The second kappa shape index (κ2) is 11.5. The van der Waals surface area contributed by atoms with E-state index in [2.05, 4.69) is 6.08 Å². The summed E-state index contributed by atoms with van der Waals surface area (Å²) in [6.07, 6.45) is 6.86. The van der Waals surface area contributed by atoms with Crippen molar-refractivity contribution in [3.8, 4) is 34.5 Å². The molecule has 7 nitrogen and oxygen atoms in total. The molecule has 198 valence electrons. The van der Waals surface area contributed by atoms with E-state index in [-0.39, 0.29) is 59.0 Å². The zero-order valence-corrected chi connectivity index (χ0v) is 22.1. The molecule has 3 rings (SSSR count). The van der Waals surface area contributed by atoms with Gasteiger partial charge in [0.25, 0.3) is 0 Å². The number of allylic oxidation sites excluding steroid dienone is 6. The van der Waals surface area contributed by atoms with Crippen molar-refractivity contribution in [1.82, 2.24) is 0 Å². The third-order valence-corrected chi connectivity index (χ3v) is 6.41. The van der Waals surface area contributed by atoms with Crippen LogP contribution in [0.15, 0.2) is 47.1 Å². The zero-order chi connectivity index (χ0) is 27.4. The number of phenols is 5.